The van der Waals surface area contributed by atoms with Gasteiger partial charge in [0.1, 0.15) is 6.04 Å². The third-order valence-electron chi connectivity index (χ3n) is 4.54. The second kappa shape index (κ2) is 9.13. The summed E-state index contributed by atoms with van der Waals surface area (Å²) in [5, 5.41) is 1.55. The van der Waals surface area contributed by atoms with Gasteiger partial charge in [-0.3, -0.25) is 20.5 Å². The fourth-order valence-corrected chi connectivity index (χ4v) is 3.87. The standard InChI is InChI=1S/C19H21Cl3N4O/c1-25-6-8-26(9-7-25)18(16-4-2-3-5-17(16)22)19(27)24-23-15-11-13(20)10-14(21)12-15/h2-5,10-12,18,23H,6-9H2,1H3,(H,24,27). The number of nitrogens with zero attached hydrogens (tertiary/aromatic N) is 2. The number of hydrogen-bond donors (Lipinski definition) is 2. The van der Waals surface area contributed by atoms with Crippen LogP contribution in [-0.2, 0) is 4.79 Å². The van der Waals surface area contributed by atoms with Gasteiger partial charge in [-0.1, -0.05) is 53.0 Å². The number of amides is 1. The van der Waals surface area contributed by atoms with Gasteiger partial charge in [-0.25, -0.2) is 0 Å². The molecule has 0 aliphatic carbocycles. The van der Waals surface area contributed by atoms with Crippen LogP contribution in [-0.4, -0.2) is 48.9 Å². The van der Waals surface area contributed by atoms with Crippen molar-refractivity contribution in [2.75, 3.05) is 38.7 Å². The fourth-order valence-electron chi connectivity index (χ4n) is 3.11. The van der Waals surface area contributed by atoms with Gasteiger partial charge in [-0.2, -0.15) is 0 Å². The number of carbonyl (C=O) groups excluding carboxylic acids is 1. The number of benzene rings is 2. The molecule has 5 nitrogen and oxygen atoms in total. The van der Waals surface area contributed by atoms with E-state index >= 15 is 0 Å². The normalized spacial score (nSPS) is 16.7. The molecule has 1 saturated heterocycles. The number of rotatable bonds is 5. The van der Waals surface area contributed by atoms with Gasteiger partial charge in [0.15, 0.2) is 0 Å². The van der Waals surface area contributed by atoms with E-state index in [0.29, 0.717) is 20.8 Å². The molecule has 1 heterocycles. The Balaban J connectivity index is 1.79. The smallest absolute Gasteiger partial charge is 0.260 e. The average Bonchev–Trinajstić information content (AvgIpc) is 2.62. The van der Waals surface area contributed by atoms with Gasteiger partial charge in [0.05, 0.1) is 5.69 Å². The fraction of sp³-hybridized carbons (Fsp3) is 0.316. The number of piperazine rings is 1. The first-order valence-corrected chi connectivity index (χ1v) is 9.76. The van der Waals surface area contributed by atoms with E-state index in [0.717, 1.165) is 31.7 Å². The van der Waals surface area contributed by atoms with Gasteiger partial charge in [-0.05, 0) is 36.9 Å². The largest absolute Gasteiger partial charge is 0.304 e. The molecule has 3 rings (SSSR count). The minimum Gasteiger partial charge on any atom is -0.304 e. The Bertz CT molecular complexity index is 789. The van der Waals surface area contributed by atoms with E-state index in [9.17, 15) is 4.79 Å². The van der Waals surface area contributed by atoms with E-state index in [-0.39, 0.29) is 5.91 Å². The topological polar surface area (TPSA) is 47.6 Å². The summed E-state index contributed by atoms with van der Waals surface area (Å²) in [5.41, 5.74) is 7.06. The predicted molar refractivity (Wildman–Crippen MR) is 111 cm³/mol. The zero-order valence-corrected chi connectivity index (χ0v) is 17.2. The number of hydrazine groups is 1. The molecule has 0 aromatic heterocycles. The summed E-state index contributed by atoms with van der Waals surface area (Å²) in [6.07, 6.45) is 0. The van der Waals surface area contributed by atoms with Crippen molar-refractivity contribution in [3.63, 3.8) is 0 Å². The Hall–Kier alpha value is -1.50. The lowest BCUT2D eigenvalue weighted by molar-refractivity contribution is -0.126. The van der Waals surface area contributed by atoms with Crippen LogP contribution in [0.4, 0.5) is 5.69 Å². The Kier molecular flexibility index (Phi) is 6.84. The first-order valence-electron chi connectivity index (χ1n) is 8.63. The summed E-state index contributed by atoms with van der Waals surface area (Å²) in [7, 11) is 2.08. The first kappa shape index (κ1) is 20.2. The summed E-state index contributed by atoms with van der Waals surface area (Å²) in [6, 6.07) is 12.0. The molecule has 8 heteroatoms. The molecule has 1 atom stereocenters. The molecule has 1 aliphatic heterocycles. The van der Waals surface area contributed by atoms with Crippen LogP contribution >= 0.6 is 34.8 Å². The van der Waals surface area contributed by atoms with Crippen molar-refractivity contribution in [2.45, 2.75) is 6.04 Å². The van der Waals surface area contributed by atoms with Gasteiger partial charge >= 0.3 is 0 Å². The average molecular weight is 428 g/mol. The molecule has 0 saturated carbocycles. The number of halogens is 3. The first-order chi connectivity index (χ1) is 12.9. The van der Waals surface area contributed by atoms with E-state index in [2.05, 4.69) is 27.7 Å². The van der Waals surface area contributed by atoms with Crippen molar-refractivity contribution in [3.8, 4) is 0 Å². The van der Waals surface area contributed by atoms with Crippen LogP contribution in [0.5, 0.6) is 0 Å². The van der Waals surface area contributed by atoms with Crippen LogP contribution in [0.15, 0.2) is 42.5 Å². The Morgan fingerprint density at radius 1 is 1.00 bits per heavy atom. The van der Waals surface area contributed by atoms with Crippen LogP contribution in [0.25, 0.3) is 0 Å². The molecule has 0 spiro atoms. The maximum absolute atomic E-state index is 13.1. The molecule has 2 aromatic rings. The quantitative estimate of drug-likeness (QED) is 0.706. The van der Waals surface area contributed by atoms with E-state index in [1.807, 2.05) is 18.2 Å². The van der Waals surface area contributed by atoms with Crippen molar-refractivity contribution in [1.29, 1.82) is 0 Å². The summed E-state index contributed by atoms with van der Waals surface area (Å²) < 4.78 is 0. The van der Waals surface area contributed by atoms with Crippen molar-refractivity contribution >= 4 is 46.4 Å². The number of carbonyl (C=O) groups is 1. The molecule has 0 radical (unpaired) electrons. The minimum atomic E-state index is -0.491. The molecule has 0 bridgehead atoms. The Morgan fingerprint density at radius 3 is 2.26 bits per heavy atom. The minimum absolute atomic E-state index is 0.191. The van der Waals surface area contributed by atoms with Crippen LogP contribution in [0.1, 0.15) is 11.6 Å². The van der Waals surface area contributed by atoms with Gasteiger partial charge in [0.2, 0.25) is 0 Å². The third-order valence-corrected chi connectivity index (χ3v) is 5.32. The van der Waals surface area contributed by atoms with Crippen molar-refractivity contribution in [1.82, 2.24) is 15.2 Å². The molecular weight excluding hydrogens is 407 g/mol. The van der Waals surface area contributed by atoms with Crippen molar-refractivity contribution in [3.05, 3.63) is 63.1 Å². The number of anilines is 1. The molecular formula is C19H21Cl3N4O. The molecule has 27 heavy (non-hydrogen) atoms. The SMILES string of the molecule is CN1CCN(C(C(=O)NNc2cc(Cl)cc(Cl)c2)c2ccccc2Cl)CC1. The third kappa shape index (κ3) is 5.27. The molecule has 1 amide bonds. The lowest BCUT2D eigenvalue weighted by Crippen LogP contribution is -2.50. The molecule has 2 N–H and O–H groups in total. The molecule has 144 valence electrons. The second-order valence-electron chi connectivity index (χ2n) is 6.54. The summed E-state index contributed by atoms with van der Waals surface area (Å²) in [5.74, 6) is -0.191. The van der Waals surface area contributed by atoms with Crippen LogP contribution in [0, 0.1) is 0 Å². The number of nitrogens with one attached hydrogen (secondary N) is 2. The van der Waals surface area contributed by atoms with Crippen molar-refractivity contribution in [2.24, 2.45) is 0 Å². The Labute approximate surface area is 174 Å². The highest BCUT2D eigenvalue weighted by Gasteiger charge is 2.31. The van der Waals surface area contributed by atoms with Gasteiger partial charge in [0, 0.05) is 41.2 Å². The maximum atomic E-state index is 13.1. The lowest BCUT2D eigenvalue weighted by Gasteiger charge is -2.37. The molecule has 1 fully saturated rings. The van der Waals surface area contributed by atoms with E-state index < -0.39 is 6.04 Å². The van der Waals surface area contributed by atoms with E-state index in [1.165, 1.54) is 0 Å². The monoisotopic (exact) mass is 426 g/mol. The summed E-state index contributed by atoms with van der Waals surface area (Å²) in [4.78, 5) is 17.4. The number of hydrogen-bond acceptors (Lipinski definition) is 4. The van der Waals surface area contributed by atoms with E-state index in [4.69, 9.17) is 34.8 Å². The molecule has 1 unspecified atom stereocenters. The van der Waals surface area contributed by atoms with Gasteiger partial charge < -0.3 is 4.90 Å². The predicted octanol–water partition coefficient (Wildman–Crippen LogP) is 4.08. The number of likely N-dealkylation sites (N-methyl/N-ethyl adjacent to an activating group) is 1. The second-order valence-corrected chi connectivity index (χ2v) is 7.82. The highest BCUT2D eigenvalue weighted by Crippen LogP contribution is 2.29. The van der Waals surface area contributed by atoms with Crippen LogP contribution < -0.4 is 10.9 Å². The highest BCUT2D eigenvalue weighted by atomic mass is 35.5. The van der Waals surface area contributed by atoms with Crippen LogP contribution in [0.2, 0.25) is 15.1 Å². The lowest BCUT2D eigenvalue weighted by atomic mass is 10.0. The molecule has 2 aromatic carbocycles. The van der Waals surface area contributed by atoms with Gasteiger partial charge in [-0.15, -0.1) is 0 Å². The zero-order chi connectivity index (χ0) is 19.4. The zero-order valence-electron chi connectivity index (χ0n) is 14.9. The van der Waals surface area contributed by atoms with Crippen LogP contribution in [0.3, 0.4) is 0 Å². The maximum Gasteiger partial charge on any atom is 0.260 e. The highest BCUT2D eigenvalue weighted by molar-refractivity contribution is 6.35. The Morgan fingerprint density at radius 2 is 1.63 bits per heavy atom. The van der Waals surface area contributed by atoms with E-state index in [1.54, 1.807) is 24.3 Å². The van der Waals surface area contributed by atoms with Gasteiger partial charge in [0.25, 0.3) is 5.91 Å². The summed E-state index contributed by atoms with van der Waals surface area (Å²) in [6.45, 7) is 3.35. The molecule has 1 aliphatic rings. The summed E-state index contributed by atoms with van der Waals surface area (Å²) >= 11 is 18.4. The van der Waals surface area contributed by atoms with Crippen molar-refractivity contribution < 1.29 is 4.79 Å².